The van der Waals surface area contributed by atoms with Crippen molar-refractivity contribution >= 4 is 17.5 Å². The lowest BCUT2D eigenvalue weighted by Gasteiger charge is -2.27. The minimum absolute atomic E-state index is 0.278. The Morgan fingerprint density at radius 3 is 1.91 bits per heavy atom. The van der Waals surface area contributed by atoms with Crippen molar-refractivity contribution in [1.29, 1.82) is 0 Å². The van der Waals surface area contributed by atoms with E-state index in [4.69, 9.17) is 24.7 Å². The second-order valence-corrected chi connectivity index (χ2v) is 7.71. The molecule has 0 heterocycles. The topological polar surface area (TPSA) is 100 Å². The first kappa shape index (κ1) is 25.4. The number of ether oxygens (including phenoxy) is 4. The molecule has 184 valence electrons. The van der Waals surface area contributed by atoms with Gasteiger partial charge in [0, 0.05) is 18.3 Å². The molecule has 0 bridgehead atoms. The zero-order valence-electron chi connectivity index (χ0n) is 20.3. The lowest BCUT2D eigenvalue weighted by atomic mass is 9.96. The molecule has 0 saturated heterocycles. The smallest absolute Gasteiger partial charge is 0.244 e. The zero-order chi connectivity index (χ0) is 25.4. The lowest BCUT2D eigenvalue weighted by molar-refractivity contribution is -0.128. The fraction of sp³-hybridized carbons (Fsp3) is 0.259. The molecular weight excluding hydrogens is 448 g/mol. The largest absolute Gasteiger partial charge is 0.493 e. The second-order valence-electron chi connectivity index (χ2n) is 7.71. The van der Waals surface area contributed by atoms with Gasteiger partial charge in [-0.15, -0.1) is 0 Å². The molecular formula is C27H30N2O6. The van der Waals surface area contributed by atoms with Crippen LogP contribution in [0.2, 0.25) is 0 Å². The van der Waals surface area contributed by atoms with Crippen molar-refractivity contribution in [2.75, 3.05) is 39.9 Å². The summed E-state index contributed by atoms with van der Waals surface area (Å²) < 4.78 is 21.5. The Kier molecular flexibility index (Phi) is 8.56. The maximum atomic E-state index is 13.8. The molecule has 3 aromatic rings. The molecule has 0 aliphatic heterocycles. The van der Waals surface area contributed by atoms with Crippen LogP contribution in [-0.2, 0) is 16.0 Å². The number of benzene rings is 3. The van der Waals surface area contributed by atoms with Gasteiger partial charge in [-0.05, 0) is 41.8 Å². The van der Waals surface area contributed by atoms with Crippen LogP contribution in [0.3, 0.4) is 0 Å². The molecule has 1 atom stereocenters. The number of carbonyl (C=O) groups is 2. The number of hydrogen-bond donors (Lipinski definition) is 1. The Labute approximate surface area is 205 Å². The van der Waals surface area contributed by atoms with Crippen LogP contribution in [0.1, 0.15) is 17.0 Å². The van der Waals surface area contributed by atoms with Crippen molar-refractivity contribution in [3.63, 3.8) is 0 Å². The Balaban J connectivity index is 2.00. The van der Waals surface area contributed by atoms with Gasteiger partial charge in [-0.3, -0.25) is 9.59 Å². The summed E-state index contributed by atoms with van der Waals surface area (Å²) in [6.45, 7) is 0.278. The number of carbonyl (C=O) groups excluding carboxylic acids is 2. The van der Waals surface area contributed by atoms with Crippen LogP contribution in [0.15, 0.2) is 66.7 Å². The Hall–Kier alpha value is -4.20. The Morgan fingerprint density at radius 2 is 1.34 bits per heavy atom. The molecule has 35 heavy (non-hydrogen) atoms. The van der Waals surface area contributed by atoms with Gasteiger partial charge in [0.15, 0.2) is 23.0 Å². The highest BCUT2D eigenvalue weighted by Crippen LogP contribution is 2.33. The summed E-state index contributed by atoms with van der Waals surface area (Å²) in [5.41, 5.74) is 7.71. The molecule has 3 rings (SSSR count). The third kappa shape index (κ3) is 5.84. The van der Waals surface area contributed by atoms with Crippen molar-refractivity contribution in [2.45, 2.75) is 12.3 Å². The molecule has 2 amide bonds. The van der Waals surface area contributed by atoms with Crippen LogP contribution in [0.4, 0.5) is 5.69 Å². The number of hydrogen-bond acceptors (Lipinski definition) is 6. The molecule has 0 saturated carbocycles. The molecule has 0 aliphatic rings. The van der Waals surface area contributed by atoms with E-state index in [-0.39, 0.29) is 6.54 Å². The van der Waals surface area contributed by atoms with E-state index >= 15 is 0 Å². The highest BCUT2D eigenvalue weighted by atomic mass is 16.5. The Bertz CT molecular complexity index is 1170. The van der Waals surface area contributed by atoms with Crippen LogP contribution in [0.5, 0.6) is 23.0 Å². The van der Waals surface area contributed by atoms with Crippen molar-refractivity contribution < 1.29 is 28.5 Å². The van der Waals surface area contributed by atoms with Crippen molar-refractivity contribution in [1.82, 2.24) is 0 Å². The van der Waals surface area contributed by atoms with Gasteiger partial charge in [0.2, 0.25) is 11.8 Å². The van der Waals surface area contributed by atoms with E-state index in [1.807, 2.05) is 24.3 Å². The highest BCUT2D eigenvalue weighted by molar-refractivity contribution is 6.11. The van der Waals surface area contributed by atoms with Crippen molar-refractivity contribution in [2.24, 2.45) is 5.73 Å². The predicted molar refractivity (Wildman–Crippen MR) is 134 cm³/mol. The molecule has 8 nitrogen and oxygen atoms in total. The summed E-state index contributed by atoms with van der Waals surface area (Å²) in [5.74, 6) is -0.110. The summed E-state index contributed by atoms with van der Waals surface area (Å²) in [6, 6.07) is 19.5. The predicted octanol–water partition coefficient (Wildman–Crippen LogP) is 3.57. The lowest BCUT2D eigenvalue weighted by Crippen LogP contribution is -2.41. The number of nitrogens with zero attached hydrogens (tertiary/aromatic N) is 1. The summed E-state index contributed by atoms with van der Waals surface area (Å²) in [7, 11) is 6.20. The summed E-state index contributed by atoms with van der Waals surface area (Å²) in [6.07, 6.45) is 0.487. The van der Waals surface area contributed by atoms with Crippen LogP contribution in [0, 0.1) is 0 Å². The van der Waals surface area contributed by atoms with Crippen LogP contribution < -0.4 is 29.6 Å². The monoisotopic (exact) mass is 478 g/mol. The first-order valence-electron chi connectivity index (χ1n) is 11.0. The van der Waals surface area contributed by atoms with Crippen LogP contribution in [-0.4, -0.2) is 46.8 Å². The molecule has 3 aromatic carbocycles. The van der Waals surface area contributed by atoms with E-state index in [0.29, 0.717) is 40.7 Å². The van der Waals surface area contributed by atoms with E-state index in [1.165, 1.54) is 14.2 Å². The summed E-state index contributed by atoms with van der Waals surface area (Å²) >= 11 is 0. The molecule has 8 heteroatoms. The molecule has 0 fully saturated rings. The fourth-order valence-corrected chi connectivity index (χ4v) is 3.87. The van der Waals surface area contributed by atoms with Crippen molar-refractivity contribution in [3.8, 4) is 23.0 Å². The van der Waals surface area contributed by atoms with Gasteiger partial charge in [0.25, 0.3) is 0 Å². The third-order valence-corrected chi connectivity index (χ3v) is 5.68. The van der Waals surface area contributed by atoms with E-state index in [1.54, 1.807) is 61.6 Å². The number of rotatable bonds is 11. The minimum Gasteiger partial charge on any atom is -0.493 e. The number of methoxy groups -OCH3 is 4. The summed E-state index contributed by atoms with van der Waals surface area (Å²) in [5, 5.41) is 0. The van der Waals surface area contributed by atoms with Crippen LogP contribution in [0.25, 0.3) is 0 Å². The van der Waals surface area contributed by atoms with Gasteiger partial charge >= 0.3 is 0 Å². The number of anilines is 1. The molecule has 1 unspecified atom stereocenters. The van der Waals surface area contributed by atoms with E-state index < -0.39 is 17.7 Å². The maximum absolute atomic E-state index is 13.8. The number of nitrogens with two attached hydrogens (primary N) is 1. The van der Waals surface area contributed by atoms with Gasteiger partial charge in [0.1, 0.15) is 5.92 Å². The van der Waals surface area contributed by atoms with E-state index in [2.05, 4.69) is 0 Å². The number of primary amides is 1. The second kappa shape index (κ2) is 11.8. The van der Waals surface area contributed by atoms with Gasteiger partial charge in [-0.2, -0.15) is 0 Å². The quantitative estimate of drug-likeness (QED) is 0.423. The third-order valence-electron chi connectivity index (χ3n) is 5.68. The van der Waals surface area contributed by atoms with Gasteiger partial charge in [-0.1, -0.05) is 36.4 Å². The normalized spacial score (nSPS) is 11.3. The molecule has 0 radical (unpaired) electrons. The van der Waals surface area contributed by atoms with Crippen LogP contribution >= 0.6 is 0 Å². The average molecular weight is 479 g/mol. The molecule has 0 aromatic heterocycles. The molecule has 0 aliphatic carbocycles. The SMILES string of the molecule is COc1ccc(CCN(C(=O)C(C(N)=O)c2ccccc2)c2ccc(OC)c(OC)c2)cc1OC. The number of amides is 2. The standard InChI is InChI=1S/C27H30N2O6/c1-32-21-12-10-18(16-23(21)34-3)14-15-29(20-11-13-22(33-2)24(17-20)35-4)27(31)25(26(28)30)19-8-6-5-7-9-19/h5-13,16-17,25H,14-15H2,1-4H3,(H2,28,30). The van der Waals surface area contributed by atoms with E-state index in [0.717, 1.165) is 5.56 Å². The van der Waals surface area contributed by atoms with Gasteiger partial charge < -0.3 is 29.6 Å². The average Bonchev–Trinajstić information content (AvgIpc) is 2.88. The van der Waals surface area contributed by atoms with Gasteiger partial charge in [0.05, 0.1) is 28.4 Å². The highest BCUT2D eigenvalue weighted by Gasteiger charge is 2.32. The summed E-state index contributed by atoms with van der Waals surface area (Å²) in [4.78, 5) is 27.8. The fourth-order valence-electron chi connectivity index (χ4n) is 3.87. The zero-order valence-corrected chi connectivity index (χ0v) is 20.3. The molecule has 0 spiro atoms. The first-order valence-corrected chi connectivity index (χ1v) is 11.0. The Morgan fingerprint density at radius 1 is 0.771 bits per heavy atom. The van der Waals surface area contributed by atoms with Crippen molar-refractivity contribution in [3.05, 3.63) is 77.9 Å². The molecule has 2 N–H and O–H groups in total. The first-order chi connectivity index (χ1) is 16.9. The maximum Gasteiger partial charge on any atom is 0.244 e. The van der Waals surface area contributed by atoms with E-state index in [9.17, 15) is 9.59 Å². The van der Waals surface area contributed by atoms with Gasteiger partial charge in [-0.25, -0.2) is 0 Å². The minimum atomic E-state index is -1.14.